The van der Waals surface area contributed by atoms with Gasteiger partial charge in [0.1, 0.15) is 0 Å². The molecule has 0 aliphatic carbocycles. The number of hydrogen-bond donors (Lipinski definition) is 2. The lowest BCUT2D eigenvalue weighted by molar-refractivity contribution is 0.0886. The van der Waals surface area contributed by atoms with Crippen molar-refractivity contribution in [2.75, 3.05) is 0 Å². The number of rotatable bonds is 5. The van der Waals surface area contributed by atoms with E-state index in [0.29, 0.717) is 23.8 Å². The first-order valence-electron chi connectivity index (χ1n) is 8.23. The minimum absolute atomic E-state index is 0. The second-order valence-corrected chi connectivity index (χ2v) is 6.41. The van der Waals surface area contributed by atoms with Crippen LogP contribution in [0, 0.1) is 0 Å². The number of fused-ring (bicyclic) bond motifs is 2. The van der Waals surface area contributed by atoms with Crippen molar-refractivity contribution in [1.82, 2.24) is 15.8 Å². The van der Waals surface area contributed by atoms with E-state index in [0.717, 1.165) is 31.4 Å². The summed E-state index contributed by atoms with van der Waals surface area (Å²) in [5.74, 6) is 0.610. The third kappa shape index (κ3) is 3.63. The first-order chi connectivity index (χ1) is 10.2. The molecule has 2 aliphatic heterocycles. The number of carbonyl (C=O) groups excluding carboxylic acids is 1. The van der Waals surface area contributed by atoms with E-state index in [4.69, 9.17) is 4.52 Å². The molecule has 2 atom stereocenters. The number of amides is 1. The first-order valence-corrected chi connectivity index (χ1v) is 8.23. The van der Waals surface area contributed by atoms with Gasteiger partial charge in [-0.15, -0.1) is 12.4 Å². The number of halogens is 1. The SMILES string of the molecule is CCC(CC)c1cc(C(=O)NC2CC3CCC(C2)N3)on1.Cl. The molecule has 3 rings (SSSR count). The van der Waals surface area contributed by atoms with E-state index in [1.54, 1.807) is 0 Å². The van der Waals surface area contributed by atoms with Crippen molar-refractivity contribution in [3.8, 4) is 0 Å². The molecule has 5 nitrogen and oxygen atoms in total. The van der Waals surface area contributed by atoms with Crippen LogP contribution in [-0.2, 0) is 0 Å². The Kier molecular flexibility index (Phi) is 5.87. The van der Waals surface area contributed by atoms with Crippen molar-refractivity contribution in [2.24, 2.45) is 0 Å². The summed E-state index contributed by atoms with van der Waals surface area (Å²) >= 11 is 0. The molecule has 2 N–H and O–H groups in total. The zero-order valence-corrected chi connectivity index (χ0v) is 14.1. The molecule has 0 spiro atoms. The maximum Gasteiger partial charge on any atom is 0.290 e. The Hall–Kier alpha value is -1.07. The van der Waals surface area contributed by atoms with Gasteiger partial charge in [-0.2, -0.15) is 0 Å². The van der Waals surface area contributed by atoms with Crippen molar-refractivity contribution in [1.29, 1.82) is 0 Å². The monoisotopic (exact) mass is 327 g/mol. The molecule has 1 aromatic heterocycles. The van der Waals surface area contributed by atoms with Crippen molar-refractivity contribution < 1.29 is 9.32 Å². The molecule has 2 fully saturated rings. The maximum atomic E-state index is 12.3. The molecule has 3 heterocycles. The van der Waals surface area contributed by atoms with Crippen molar-refractivity contribution >= 4 is 18.3 Å². The quantitative estimate of drug-likeness (QED) is 0.872. The zero-order chi connectivity index (χ0) is 14.8. The molecular weight excluding hydrogens is 302 g/mol. The lowest BCUT2D eigenvalue weighted by atomic mass is 9.99. The van der Waals surface area contributed by atoms with Gasteiger partial charge >= 0.3 is 0 Å². The number of carbonyl (C=O) groups is 1. The van der Waals surface area contributed by atoms with Crippen LogP contribution >= 0.6 is 12.4 Å². The lowest BCUT2D eigenvalue weighted by Crippen LogP contribution is -2.47. The number of piperidine rings is 1. The predicted molar refractivity (Wildman–Crippen MR) is 87.5 cm³/mol. The van der Waals surface area contributed by atoms with Gasteiger partial charge in [0, 0.05) is 30.1 Å². The molecule has 0 saturated carbocycles. The second kappa shape index (κ2) is 7.47. The molecule has 22 heavy (non-hydrogen) atoms. The lowest BCUT2D eigenvalue weighted by Gasteiger charge is -2.29. The Labute approximate surface area is 138 Å². The summed E-state index contributed by atoms with van der Waals surface area (Å²) in [6, 6.07) is 3.22. The fourth-order valence-electron chi connectivity index (χ4n) is 3.73. The van der Waals surface area contributed by atoms with E-state index in [1.165, 1.54) is 12.8 Å². The van der Waals surface area contributed by atoms with Crippen LogP contribution < -0.4 is 10.6 Å². The van der Waals surface area contributed by atoms with E-state index in [2.05, 4.69) is 29.6 Å². The van der Waals surface area contributed by atoms with Crippen molar-refractivity contribution in [3.05, 3.63) is 17.5 Å². The molecule has 124 valence electrons. The van der Waals surface area contributed by atoms with Gasteiger partial charge in [-0.05, 0) is 38.5 Å². The van der Waals surface area contributed by atoms with Crippen molar-refractivity contribution in [2.45, 2.75) is 76.4 Å². The van der Waals surface area contributed by atoms with Crippen LogP contribution in [0.1, 0.15) is 74.5 Å². The summed E-state index contributed by atoms with van der Waals surface area (Å²) in [5.41, 5.74) is 0.899. The third-order valence-electron chi connectivity index (χ3n) is 4.96. The second-order valence-electron chi connectivity index (χ2n) is 6.41. The van der Waals surface area contributed by atoms with Gasteiger partial charge in [-0.3, -0.25) is 4.79 Å². The van der Waals surface area contributed by atoms with Gasteiger partial charge in [0.2, 0.25) is 5.76 Å². The Morgan fingerprint density at radius 3 is 2.59 bits per heavy atom. The van der Waals surface area contributed by atoms with Gasteiger partial charge in [0.05, 0.1) is 5.69 Å². The fraction of sp³-hybridized carbons (Fsp3) is 0.750. The summed E-state index contributed by atoms with van der Waals surface area (Å²) in [6.07, 6.45) is 6.55. The average molecular weight is 328 g/mol. The van der Waals surface area contributed by atoms with E-state index >= 15 is 0 Å². The molecule has 2 unspecified atom stereocenters. The largest absolute Gasteiger partial charge is 0.351 e. The summed E-state index contributed by atoms with van der Waals surface area (Å²) in [4.78, 5) is 12.3. The molecule has 2 bridgehead atoms. The van der Waals surface area contributed by atoms with E-state index < -0.39 is 0 Å². The summed E-state index contributed by atoms with van der Waals surface area (Å²) in [6.45, 7) is 4.26. The van der Waals surface area contributed by atoms with E-state index in [1.807, 2.05) is 6.07 Å². The molecule has 1 aromatic rings. The van der Waals surface area contributed by atoms with Gasteiger partial charge in [0.25, 0.3) is 5.91 Å². The number of nitrogens with one attached hydrogen (secondary N) is 2. The third-order valence-corrected chi connectivity index (χ3v) is 4.96. The molecular formula is C16H26ClN3O2. The summed E-state index contributed by atoms with van der Waals surface area (Å²) < 4.78 is 5.24. The van der Waals surface area contributed by atoms with Crippen LogP contribution in [0.15, 0.2) is 10.6 Å². The normalized spacial score (nSPS) is 26.8. The highest BCUT2D eigenvalue weighted by Crippen LogP contribution is 2.27. The molecule has 0 aromatic carbocycles. The predicted octanol–water partition coefficient (Wildman–Crippen LogP) is 3.01. The highest BCUT2D eigenvalue weighted by Gasteiger charge is 2.34. The molecule has 1 amide bonds. The van der Waals surface area contributed by atoms with Gasteiger partial charge in [-0.25, -0.2) is 0 Å². The van der Waals surface area contributed by atoms with Crippen LogP contribution in [-0.4, -0.2) is 29.2 Å². The zero-order valence-electron chi connectivity index (χ0n) is 13.3. The smallest absolute Gasteiger partial charge is 0.290 e. The van der Waals surface area contributed by atoms with Crippen LogP contribution in [0.5, 0.6) is 0 Å². The Bertz CT molecular complexity index is 489. The summed E-state index contributed by atoms with van der Waals surface area (Å²) in [5, 5.41) is 10.8. The minimum atomic E-state index is -0.119. The Balaban J connectivity index is 0.00000176. The van der Waals surface area contributed by atoms with E-state index in [9.17, 15) is 4.79 Å². The summed E-state index contributed by atoms with van der Waals surface area (Å²) in [7, 11) is 0. The van der Waals surface area contributed by atoms with Crippen molar-refractivity contribution in [3.63, 3.8) is 0 Å². The number of nitrogens with zero attached hydrogens (tertiary/aromatic N) is 1. The molecule has 2 saturated heterocycles. The first kappa shape index (κ1) is 17.3. The van der Waals surface area contributed by atoms with Crippen LogP contribution in [0.25, 0.3) is 0 Å². The van der Waals surface area contributed by atoms with Gasteiger partial charge in [-0.1, -0.05) is 19.0 Å². The minimum Gasteiger partial charge on any atom is -0.351 e. The fourth-order valence-corrected chi connectivity index (χ4v) is 3.73. The Morgan fingerprint density at radius 2 is 2.00 bits per heavy atom. The van der Waals surface area contributed by atoms with Crippen LogP contribution in [0.3, 0.4) is 0 Å². The van der Waals surface area contributed by atoms with Gasteiger partial charge < -0.3 is 15.2 Å². The maximum absolute atomic E-state index is 12.3. The molecule has 6 heteroatoms. The molecule has 0 radical (unpaired) electrons. The highest BCUT2D eigenvalue weighted by molar-refractivity contribution is 5.91. The standard InChI is InChI=1S/C16H25N3O2.ClH/c1-3-10(4-2)14-9-15(21-19-14)16(20)18-13-7-11-5-6-12(8-13)17-11;/h9-13,17H,3-8H2,1-2H3,(H,18,20);1H. The van der Waals surface area contributed by atoms with E-state index in [-0.39, 0.29) is 24.4 Å². The average Bonchev–Trinajstić information content (AvgIpc) is 3.08. The Morgan fingerprint density at radius 1 is 1.36 bits per heavy atom. The molecule has 2 aliphatic rings. The topological polar surface area (TPSA) is 67.2 Å². The van der Waals surface area contributed by atoms with Crippen LogP contribution in [0.4, 0.5) is 0 Å². The number of hydrogen-bond acceptors (Lipinski definition) is 4. The number of aromatic nitrogens is 1. The van der Waals surface area contributed by atoms with Crippen LogP contribution in [0.2, 0.25) is 0 Å². The highest BCUT2D eigenvalue weighted by atomic mass is 35.5. The van der Waals surface area contributed by atoms with Gasteiger partial charge in [0.15, 0.2) is 0 Å².